The van der Waals surface area contributed by atoms with Gasteiger partial charge in [0.25, 0.3) is 5.91 Å². The van der Waals surface area contributed by atoms with Crippen molar-refractivity contribution in [1.82, 2.24) is 10.2 Å². The Balaban J connectivity index is 1.67. The molecule has 3 rings (SSSR count). The van der Waals surface area contributed by atoms with Gasteiger partial charge in [-0.3, -0.25) is 4.79 Å². The van der Waals surface area contributed by atoms with Crippen molar-refractivity contribution in [3.63, 3.8) is 0 Å². The number of carbonyl (C=O) groups is 1. The number of amides is 1. The summed E-state index contributed by atoms with van der Waals surface area (Å²) in [5.41, 5.74) is 2.46. The first-order valence-corrected chi connectivity index (χ1v) is 9.41. The highest BCUT2D eigenvalue weighted by atomic mass is 32.1. The molecule has 1 fully saturated rings. The van der Waals surface area contributed by atoms with Crippen LogP contribution >= 0.6 is 11.3 Å². The highest BCUT2D eigenvalue weighted by molar-refractivity contribution is 7.17. The topological polar surface area (TPSA) is 35.6 Å². The molecule has 2 aromatic rings. The fourth-order valence-corrected chi connectivity index (χ4v) is 3.77. The van der Waals surface area contributed by atoms with Crippen LogP contribution in [-0.4, -0.2) is 50.6 Å². The highest BCUT2D eigenvalue weighted by Crippen LogP contribution is 2.30. The zero-order valence-corrected chi connectivity index (χ0v) is 15.2. The molecule has 1 aromatic heterocycles. The van der Waals surface area contributed by atoms with E-state index in [-0.39, 0.29) is 5.91 Å². The van der Waals surface area contributed by atoms with Crippen LogP contribution in [0.1, 0.15) is 23.0 Å². The first-order valence-electron chi connectivity index (χ1n) is 8.59. The second kappa shape index (κ2) is 7.81. The summed E-state index contributed by atoms with van der Waals surface area (Å²) in [5.74, 6) is 0.0298. The van der Waals surface area contributed by atoms with Crippen molar-refractivity contribution in [3.8, 4) is 10.4 Å². The van der Waals surface area contributed by atoms with Gasteiger partial charge in [0, 0.05) is 43.3 Å². The smallest absolute Gasteiger partial charge is 0.261 e. The quantitative estimate of drug-likeness (QED) is 0.905. The molecule has 1 amide bonds. The molecule has 0 saturated carbocycles. The predicted molar refractivity (Wildman–Crippen MR) is 102 cm³/mol. The maximum absolute atomic E-state index is 12.0. The van der Waals surface area contributed by atoms with E-state index in [4.69, 9.17) is 0 Å². The van der Waals surface area contributed by atoms with Crippen LogP contribution < -0.4 is 10.2 Å². The van der Waals surface area contributed by atoms with Crippen LogP contribution in [0, 0.1) is 0 Å². The van der Waals surface area contributed by atoms with Gasteiger partial charge in [0.15, 0.2) is 0 Å². The Morgan fingerprint density at radius 2 is 1.79 bits per heavy atom. The summed E-state index contributed by atoms with van der Waals surface area (Å²) in [6.45, 7) is 7.17. The monoisotopic (exact) mass is 343 g/mol. The van der Waals surface area contributed by atoms with E-state index in [1.165, 1.54) is 11.3 Å². The summed E-state index contributed by atoms with van der Waals surface area (Å²) in [6.07, 6.45) is 0.956. The number of piperazine rings is 1. The number of hydrogen-bond donors (Lipinski definition) is 1. The van der Waals surface area contributed by atoms with Gasteiger partial charge < -0.3 is 15.1 Å². The number of benzene rings is 1. The van der Waals surface area contributed by atoms with Crippen molar-refractivity contribution in [1.29, 1.82) is 0 Å². The summed E-state index contributed by atoms with van der Waals surface area (Å²) >= 11 is 1.55. The van der Waals surface area contributed by atoms with E-state index >= 15 is 0 Å². The lowest BCUT2D eigenvalue weighted by Crippen LogP contribution is -2.44. The summed E-state index contributed by atoms with van der Waals surface area (Å²) in [6, 6.07) is 12.7. The Bertz CT molecular complexity index is 672. The van der Waals surface area contributed by atoms with E-state index in [0.717, 1.165) is 48.9 Å². The van der Waals surface area contributed by atoms with Gasteiger partial charge in [-0.15, -0.1) is 11.3 Å². The molecule has 0 radical (unpaired) electrons. The van der Waals surface area contributed by atoms with Crippen LogP contribution in [0.5, 0.6) is 0 Å². The fourth-order valence-electron chi connectivity index (χ4n) is 2.84. The molecule has 5 heteroatoms. The van der Waals surface area contributed by atoms with Gasteiger partial charge >= 0.3 is 0 Å². The third kappa shape index (κ3) is 3.97. The van der Waals surface area contributed by atoms with E-state index < -0.39 is 0 Å². The molecule has 1 N–H and O–H groups in total. The van der Waals surface area contributed by atoms with Crippen LogP contribution in [0.4, 0.5) is 5.69 Å². The standard InChI is InChI=1S/C19H25N3OS/c1-3-10-20-19(23)18-9-8-17(24-18)15-4-6-16(7-5-15)22-13-11-21(2)12-14-22/h4-9H,3,10-14H2,1-2H3,(H,20,23). The number of nitrogens with one attached hydrogen (secondary N) is 1. The van der Waals surface area contributed by atoms with E-state index in [9.17, 15) is 4.79 Å². The molecule has 1 aliphatic heterocycles. The summed E-state index contributed by atoms with van der Waals surface area (Å²) in [7, 11) is 2.17. The Morgan fingerprint density at radius 1 is 1.08 bits per heavy atom. The highest BCUT2D eigenvalue weighted by Gasteiger charge is 2.14. The number of anilines is 1. The molecule has 1 aliphatic rings. The number of nitrogens with zero attached hydrogens (tertiary/aromatic N) is 2. The number of rotatable bonds is 5. The maximum atomic E-state index is 12.0. The average molecular weight is 343 g/mol. The minimum Gasteiger partial charge on any atom is -0.369 e. The average Bonchev–Trinajstić information content (AvgIpc) is 3.11. The lowest BCUT2D eigenvalue weighted by atomic mass is 10.1. The molecule has 4 nitrogen and oxygen atoms in total. The number of thiophene rings is 1. The first kappa shape index (κ1) is 17.0. The van der Waals surface area contributed by atoms with E-state index in [2.05, 4.69) is 53.4 Å². The third-order valence-corrected chi connectivity index (χ3v) is 5.52. The second-order valence-electron chi connectivity index (χ2n) is 6.26. The summed E-state index contributed by atoms with van der Waals surface area (Å²) in [5, 5.41) is 2.93. The number of carbonyl (C=O) groups excluding carboxylic acids is 1. The van der Waals surface area contributed by atoms with Gasteiger partial charge in [0.05, 0.1) is 4.88 Å². The van der Waals surface area contributed by atoms with Crippen LogP contribution in [0.25, 0.3) is 10.4 Å². The van der Waals surface area contributed by atoms with Crippen LogP contribution in [0.15, 0.2) is 36.4 Å². The molecular weight excluding hydrogens is 318 g/mol. The zero-order chi connectivity index (χ0) is 16.9. The Morgan fingerprint density at radius 3 is 2.46 bits per heavy atom. The lowest BCUT2D eigenvalue weighted by molar-refractivity contribution is 0.0957. The Labute approximate surface area is 148 Å². The van der Waals surface area contributed by atoms with Crippen molar-refractivity contribution >= 4 is 22.9 Å². The van der Waals surface area contributed by atoms with Gasteiger partial charge in [-0.2, -0.15) is 0 Å². The van der Waals surface area contributed by atoms with Gasteiger partial charge in [0.2, 0.25) is 0 Å². The Hall–Kier alpha value is -1.85. The predicted octanol–water partition coefficient (Wildman–Crippen LogP) is 3.31. The molecule has 0 spiro atoms. The molecular formula is C19H25N3OS. The van der Waals surface area contributed by atoms with Crippen molar-refractivity contribution < 1.29 is 4.79 Å². The van der Waals surface area contributed by atoms with Gasteiger partial charge in [0.1, 0.15) is 0 Å². The maximum Gasteiger partial charge on any atom is 0.261 e. The van der Waals surface area contributed by atoms with Crippen molar-refractivity contribution in [2.24, 2.45) is 0 Å². The zero-order valence-electron chi connectivity index (χ0n) is 14.4. The lowest BCUT2D eigenvalue weighted by Gasteiger charge is -2.34. The molecule has 1 saturated heterocycles. The van der Waals surface area contributed by atoms with Crippen LogP contribution in [0.3, 0.4) is 0 Å². The summed E-state index contributed by atoms with van der Waals surface area (Å²) in [4.78, 5) is 18.7. The third-order valence-electron chi connectivity index (χ3n) is 4.39. The van der Waals surface area contributed by atoms with Crippen molar-refractivity contribution in [2.75, 3.05) is 44.7 Å². The van der Waals surface area contributed by atoms with E-state index in [0.29, 0.717) is 0 Å². The molecule has 0 bridgehead atoms. The van der Waals surface area contributed by atoms with Crippen LogP contribution in [0.2, 0.25) is 0 Å². The number of hydrogen-bond acceptors (Lipinski definition) is 4. The molecule has 0 atom stereocenters. The number of likely N-dealkylation sites (N-methyl/N-ethyl adjacent to an activating group) is 1. The van der Waals surface area contributed by atoms with Gasteiger partial charge in [-0.05, 0) is 43.3 Å². The molecule has 24 heavy (non-hydrogen) atoms. The van der Waals surface area contributed by atoms with Crippen molar-refractivity contribution in [3.05, 3.63) is 41.3 Å². The van der Waals surface area contributed by atoms with Gasteiger partial charge in [-0.25, -0.2) is 0 Å². The first-order chi connectivity index (χ1) is 11.7. The van der Waals surface area contributed by atoms with Crippen molar-refractivity contribution in [2.45, 2.75) is 13.3 Å². The largest absolute Gasteiger partial charge is 0.369 e. The molecule has 0 aliphatic carbocycles. The fraction of sp³-hybridized carbons (Fsp3) is 0.421. The summed E-state index contributed by atoms with van der Waals surface area (Å²) < 4.78 is 0. The van der Waals surface area contributed by atoms with E-state index in [1.807, 2.05) is 12.1 Å². The minimum atomic E-state index is 0.0298. The molecule has 0 unspecified atom stereocenters. The Kier molecular flexibility index (Phi) is 5.53. The van der Waals surface area contributed by atoms with E-state index in [1.54, 1.807) is 11.3 Å². The molecule has 128 valence electrons. The normalized spacial score (nSPS) is 15.5. The molecule has 2 heterocycles. The van der Waals surface area contributed by atoms with Gasteiger partial charge in [-0.1, -0.05) is 19.1 Å². The minimum absolute atomic E-state index is 0.0298. The molecule has 1 aromatic carbocycles. The van der Waals surface area contributed by atoms with Crippen LogP contribution in [-0.2, 0) is 0 Å². The second-order valence-corrected chi connectivity index (χ2v) is 7.34. The SMILES string of the molecule is CCCNC(=O)c1ccc(-c2ccc(N3CCN(C)CC3)cc2)s1.